The summed E-state index contributed by atoms with van der Waals surface area (Å²) in [7, 11) is 0. The number of benzene rings is 2. The molecular formula is C22H25FN4O2. The van der Waals surface area contributed by atoms with Crippen LogP contribution in [0.15, 0.2) is 42.5 Å². The molecule has 6 nitrogen and oxygen atoms in total. The van der Waals surface area contributed by atoms with Crippen molar-refractivity contribution >= 4 is 22.6 Å². The SMILES string of the molecule is CC(C)n1c(CN2CCOCC2)nc2cc(NC(=O)c3ccc(F)cc3)ccc21. The topological polar surface area (TPSA) is 59.4 Å². The Morgan fingerprint density at radius 2 is 1.90 bits per heavy atom. The second-order valence-corrected chi connectivity index (χ2v) is 7.54. The number of fused-ring (bicyclic) bond motifs is 1. The molecule has 0 bridgehead atoms. The van der Waals surface area contributed by atoms with Crippen molar-refractivity contribution < 1.29 is 13.9 Å². The smallest absolute Gasteiger partial charge is 0.255 e. The van der Waals surface area contributed by atoms with Crippen molar-refractivity contribution in [3.05, 3.63) is 59.7 Å². The van der Waals surface area contributed by atoms with E-state index < -0.39 is 0 Å². The molecule has 1 fully saturated rings. The zero-order valence-electron chi connectivity index (χ0n) is 16.7. The summed E-state index contributed by atoms with van der Waals surface area (Å²) in [5.41, 5.74) is 2.97. The molecule has 0 spiro atoms. The third kappa shape index (κ3) is 4.31. The van der Waals surface area contributed by atoms with Crippen LogP contribution in [-0.4, -0.2) is 46.7 Å². The van der Waals surface area contributed by atoms with E-state index in [2.05, 4.69) is 28.6 Å². The second-order valence-electron chi connectivity index (χ2n) is 7.54. The molecule has 1 aliphatic heterocycles. The minimum absolute atomic E-state index is 0.274. The summed E-state index contributed by atoms with van der Waals surface area (Å²) < 4.78 is 20.8. The Kier molecular flexibility index (Phi) is 5.60. The van der Waals surface area contributed by atoms with Gasteiger partial charge in [-0.15, -0.1) is 0 Å². The van der Waals surface area contributed by atoms with Crippen LogP contribution in [0.1, 0.15) is 36.1 Å². The number of ether oxygens (including phenoxy) is 1. The van der Waals surface area contributed by atoms with Crippen LogP contribution in [0.5, 0.6) is 0 Å². The molecule has 1 aromatic heterocycles. The monoisotopic (exact) mass is 396 g/mol. The van der Waals surface area contributed by atoms with Crippen LogP contribution in [0.4, 0.5) is 10.1 Å². The van der Waals surface area contributed by atoms with Gasteiger partial charge in [-0.2, -0.15) is 0 Å². The number of anilines is 1. The summed E-state index contributed by atoms with van der Waals surface area (Å²) in [6, 6.07) is 11.5. The molecule has 0 saturated carbocycles. The molecule has 0 aliphatic carbocycles. The summed E-state index contributed by atoms with van der Waals surface area (Å²) in [6.07, 6.45) is 0. The Hall–Kier alpha value is -2.77. The number of hydrogen-bond donors (Lipinski definition) is 1. The van der Waals surface area contributed by atoms with Gasteiger partial charge < -0.3 is 14.6 Å². The highest BCUT2D eigenvalue weighted by Gasteiger charge is 2.18. The fourth-order valence-corrected chi connectivity index (χ4v) is 3.68. The summed E-state index contributed by atoms with van der Waals surface area (Å²) in [5.74, 6) is 0.370. The van der Waals surface area contributed by atoms with E-state index in [0.717, 1.165) is 49.7 Å². The van der Waals surface area contributed by atoms with Gasteiger partial charge in [-0.3, -0.25) is 9.69 Å². The van der Waals surface area contributed by atoms with Crippen molar-refractivity contribution in [2.24, 2.45) is 0 Å². The van der Waals surface area contributed by atoms with Crippen LogP contribution in [0, 0.1) is 5.82 Å². The Labute approximate surface area is 169 Å². The molecule has 3 aromatic rings. The van der Waals surface area contributed by atoms with E-state index in [1.54, 1.807) is 0 Å². The van der Waals surface area contributed by atoms with E-state index in [4.69, 9.17) is 9.72 Å². The van der Waals surface area contributed by atoms with Gasteiger partial charge in [0.2, 0.25) is 0 Å². The molecule has 0 atom stereocenters. The highest BCUT2D eigenvalue weighted by atomic mass is 19.1. The van der Waals surface area contributed by atoms with Gasteiger partial charge in [0.1, 0.15) is 11.6 Å². The molecule has 2 aromatic carbocycles. The number of hydrogen-bond acceptors (Lipinski definition) is 4. The van der Waals surface area contributed by atoms with Gasteiger partial charge in [0.25, 0.3) is 5.91 Å². The number of nitrogens with one attached hydrogen (secondary N) is 1. The van der Waals surface area contributed by atoms with Crippen LogP contribution >= 0.6 is 0 Å². The zero-order valence-corrected chi connectivity index (χ0v) is 16.7. The van der Waals surface area contributed by atoms with Gasteiger partial charge in [-0.05, 0) is 56.3 Å². The predicted molar refractivity (Wildman–Crippen MR) is 111 cm³/mol. The van der Waals surface area contributed by atoms with E-state index in [9.17, 15) is 9.18 Å². The molecule has 29 heavy (non-hydrogen) atoms. The maximum Gasteiger partial charge on any atom is 0.255 e. The maximum atomic E-state index is 13.1. The number of carbonyl (C=O) groups excluding carboxylic acids is 1. The van der Waals surface area contributed by atoms with E-state index in [0.29, 0.717) is 11.3 Å². The largest absolute Gasteiger partial charge is 0.379 e. The fourth-order valence-electron chi connectivity index (χ4n) is 3.68. The first-order valence-corrected chi connectivity index (χ1v) is 9.89. The van der Waals surface area contributed by atoms with Gasteiger partial charge >= 0.3 is 0 Å². The van der Waals surface area contributed by atoms with Gasteiger partial charge in [-0.25, -0.2) is 9.37 Å². The highest BCUT2D eigenvalue weighted by molar-refractivity contribution is 6.04. The van der Waals surface area contributed by atoms with Crippen LogP contribution in [0.2, 0.25) is 0 Å². The average molecular weight is 396 g/mol. The lowest BCUT2D eigenvalue weighted by Gasteiger charge is -2.27. The minimum Gasteiger partial charge on any atom is -0.379 e. The molecule has 1 N–H and O–H groups in total. The number of halogens is 1. The molecule has 0 radical (unpaired) electrons. The van der Waals surface area contributed by atoms with Crippen molar-refractivity contribution in [2.75, 3.05) is 31.6 Å². The Bertz CT molecular complexity index is 1010. The van der Waals surface area contributed by atoms with Gasteiger partial charge in [0, 0.05) is 30.4 Å². The lowest BCUT2D eigenvalue weighted by atomic mass is 10.2. The number of rotatable bonds is 5. The van der Waals surface area contributed by atoms with E-state index >= 15 is 0 Å². The fraction of sp³-hybridized carbons (Fsp3) is 0.364. The predicted octanol–water partition coefficient (Wildman–Crippen LogP) is 3.84. The molecule has 1 aliphatic rings. The van der Waals surface area contributed by atoms with Gasteiger partial charge in [-0.1, -0.05) is 0 Å². The number of nitrogens with zero attached hydrogens (tertiary/aromatic N) is 3. The van der Waals surface area contributed by atoms with Crippen molar-refractivity contribution in [1.82, 2.24) is 14.5 Å². The summed E-state index contributed by atoms with van der Waals surface area (Å²) in [6.45, 7) is 8.37. The van der Waals surface area contributed by atoms with Crippen LogP contribution in [0.25, 0.3) is 11.0 Å². The Morgan fingerprint density at radius 1 is 1.17 bits per heavy atom. The molecule has 2 heterocycles. The summed E-state index contributed by atoms with van der Waals surface area (Å²) in [4.78, 5) is 19.6. The van der Waals surface area contributed by atoms with Gasteiger partial charge in [0.15, 0.2) is 0 Å². The number of morpholine rings is 1. The Morgan fingerprint density at radius 3 is 2.59 bits per heavy atom. The van der Waals surface area contributed by atoms with Crippen molar-refractivity contribution in [1.29, 1.82) is 0 Å². The number of carbonyl (C=O) groups is 1. The first kappa shape index (κ1) is 19.5. The minimum atomic E-state index is -0.366. The van der Waals surface area contributed by atoms with E-state index in [1.807, 2.05) is 18.2 Å². The molecule has 1 saturated heterocycles. The molecule has 1 amide bonds. The molecular weight excluding hydrogens is 371 g/mol. The molecule has 4 rings (SSSR count). The standard InChI is InChI=1S/C22H25FN4O2/c1-15(2)27-20-8-7-18(24-22(28)16-3-5-17(23)6-4-16)13-19(20)25-21(27)14-26-9-11-29-12-10-26/h3-8,13,15H,9-12,14H2,1-2H3,(H,24,28). The third-order valence-corrected chi connectivity index (χ3v) is 5.11. The number of aromatic nitrogens is 2. The van der Waals surface area contributed by atoms with E-state index in [-0.39, 0.29) is 17.8 Å². The van der Waals surface area contributed by atoms with Crippen LogP contribution in [0.3, 0.4) is 0 Å². The quantitative estimate of drug-likeness (QED) is 0.712. The summed E-state index contributed by atoms with van der Waals surface area (Å²) in [5, 5.41) is 2.87. The van der Waals surface area contributed by atoms with Crippen LogP contribution in [-0.2, 0) is 11.3 Å². The molecule has 152 valence electrons. The maximum absolute atomic E-state index is 13.1. The van der Waals surface area contributed by atoms with Crippen LogP contribution < -0.4 is 5.32 Å². The lowest BCUT2D eigenvalue weighted by Crippen LogP contribution is -2.36. The lowest BCUT2D eigenvalue weighted by molar-refractivity contribution is 0.0325. The number of imidazole rings is 1. The zero-order chi connectivity index (χ0) is 20.4. The average Bonchev–Trinajstić information content (AvgIpc) is 3.06. The first-order valence-electron chi connectivity index (χ1n) is 9.89. The first-order chi connectivity index (χ1) is 14.0. The second kappa shape index (κ2) is 8.31. The summed E-state index contributed by atoms with van der Waals surface area (Å²) >= 11 is 0. The molecule has 0 unspecified atom stereocenters. The third-order valence-electron chi connectivity index (χ3n) is 5.11. The normalized spacial score (nSPS) is 15.2. The number of amides is 1. The Balaban J connectivity index is 1.59. The van der Waals surface area contributed by atoms with Crippen molar-refractivity contribution in [3.8, 4) is 0 Å². The molecule has 7 heteroatoms. The van der Waals surface area contributed by atoms with Crippen molar-refractivity contribution in [3.63, 3.8) is 0 Å². The van der Waals surface area contributed by atoms with Gasteiger partial charge in [0.05, 0.1) is 30.8 Å². The highest BCUT2D eigenvalue weighted by Crippen LogP contribution is 2.25. The van der Waals surface area contributed by atoms with Crippen molar-refractivity contribution in [2.45, 2.75) is 26.4 Å². The van der Waals surface area contributed by atoms with E-state index in [1.165, 1.54) is 24.3 Å².